The molecule has 0 heterocycles. The quantitative estimate of drug-likeness (QED) is 0.473. The average Bonchev–Trinajstić information content (AvgIpc) is 1.98. The predicted molar refractivity (Wildman–Crippen MR) is 53.3 cm³/mol. The largest absolute Gasteiger partial charge is 0.388 e. The minimum Gasteiger partial charge on any atom is -0.388 e. The van der Waals surface area contributed by atoms with Crippen LogP contribution in [0.25, 0.3) is 0 Å². The van der Waals surface area contributed by atoms with Gasteiger partial charge < -0.3 is 5.73 Å². The molecule has 1 rings (SSSR count). The van der Waals surface area contributed by atoms with E-state index in [1.165, 1.54) is 19.3 Å². The fourth-order valence-electron chi connectivity index (χ4n) is 2.00. The Hall–Kier alpha value is -0.530. The smallest absolute Gasteiger partial charge is 0.0909 e. The van der Waals surface area contributed by atoms with Crippen molar-refractivity contribution in [2.45, 2.75) is 46.1 Å². The van der Waals surface area contributed by atoms with Crippen LogP contribution in [-0.4, -0.2) is 11.9 Å². The fourth-order valence-corrected chi connectivity index (χ4v) is 2.00. The Labute approximate surface area is 75.3 Å². The summed E-state index contributed by atoms with van der Waals surface area (Å²) in [6, 6.07) is 0.485. The molecule has 0 radical (unpaired) electrons. The number of nitrogens with two attached hydrogens (primary N) is 1. The number of amidine groups is 1. The monoisotopic (exact) mass is 168 g/mol. The molecule has 0 spiro atoms. The molecule has 1 aliphatic rings. The minimum absolute atomic E-state index is 0.485. The number of nitrogens with zero attached hydrogens (tertiary/aromatic N) is 1. The van der Waals surface area contributed by atoms with Crippen molar-refractivity contribution in [3.05, 3.63) is 0 Å². The third-order valence-electron chi connectivity index (χ3n) is 3.03. The molecule has 1 aliphatic carbocycles. The van der Waals surface area contributed by atoms with Crippen LogP contribution in [0, 0.1) is 11.8 Å². The molecular formula is C10H20N2. The molecule has 0 aliphatic heterocycles. The molecule has 0 saturated heterocycles. The van der Waals surface area contributed by atoms with Crippen LogP contribution in [0.15, 0.2) is 4.99 Å². The Morgan fingerprint density at radius 1 is 1.33 bits per heavy atom. The highest BCUT2D eigenvalue weighted by Gasteiger charge is 2.26. The summed E-state index contributed by atoms with van der Waals surface area (Å²) in [7, 11) is 0. The molecule has 3 unspecified atom stereocenters. The van der Waals surface area contributed by atoms with E-state index in [2.05, 4.69) is 18.8 Å². The molecule has 0 aromatic carbocycles. The maximum absolute atomic E-state index is 5.58. The molecule has 2 nitrogen and oxygen atoms in total. The molecule has 70 valence electrons. The molecule has 0 bridgehead atoms. The normalized spacial score (nSPS) is 38.2. The van der Waals surface area contributed by atoms with Gasteiger partial charge in [-0.15, -0.1) is 0 Å². The van der Waals surface area contributed by atoms with Crippen LogP contribution in [0.5, 0.6) is 0 Å². The van der Waals surface area contributed by atoms with Crippen molar-refractivity contribution in [3.63, 3.8) is 0 Å². The highest BCUT2D eigenvalue weighted by atomic mass is 14.9. The summed E-state index contributed by atoms with van der Waals surface area (Å²) in [6.07, 6.45) is 3.89. The number of rotatable bonds is 1. The van der Waals surface area contributed by atoms with E-state index < -0.39 is 0 Å². The lowest BCUT2D eigenvalue weighted by molar-refractivity contribution is 0.241. The van der Waals surface area contributed by atoms with E-state index in [1.807, 2.05) is 6.92 Å². The topological polar surface area (TPSA) is 38.4 Å². The van der Waals surface area contributed by atoms with Crippen molar-refractivity contribution in [2.24, 2.45) is 22.6 Å². The van der Waals surface area contributed by atoms with Crippen molar-refractivity contribution in [1.29, 1.82) is 0 Å². The van der Waals surface area contributed by atoms with Crippen molar-refractivity contribution in [1.82, 2.24) is 0 Å². The summed E-state index contributed by atoms with van der Waals surface area (Å²) in [5.74, 6) is 2.25. The van der Waals surface area contributed by atoms with Crippen LogP contribution in [0.4, 0.5) is 0 Å². The Morgan fingerprint density at radius 3 is 2.58 bits per heavy atom. The van der Waals surface area contributed by atoms with E-state index in [9.17, 15) is 0 Å². The van der Waals surface area contributed by atoms with Crippen LogP contribution in [0.1, 0.15) is 40.0 Å². The van der Waals surface area contributed by atoms with E-state index in [4.69, 9.17) is 5.73 Å². The maximum Gasteiger partial charge on any atom is 0.0909 e. The number of aliphatic imine (C=N–C) groups is 1. The van der Waals surface area contributed by atoms with Crippen molar-refractivity contribution in [2.75, 3.05) is 0 Å². The lowest BCUT2D eigenvalue weighted by Crippen LogP contribution is -2.29. The van der Waals surface area contributed by atoms with Gasteiger partial charge >= 0.3 is 0 Å². The minimum atomic E-state index is 0.485. The van der Waals surface area contributed by atoms with Crippen LogP contribution in [-0.2, 0) is 0 Å². The van der Waals surface area contributed by atoms with Gasteiger partial charge in [-0.3, -0.25) is 4.99 Å². The summed E-state index contributed by atoms with van der Waals surface area (Å²) in [6.45, 7) is 6.49. The summed E-state index contributed by atoms with van der Waals surface area (Å²) >= 11 is 0. The molecule has 0 amide bonds. The Kier molecular flexibility index (Phi) is 3.12. The van der Waals surface area contributed by atoms with Crippen LogP contribution in [0.3, 0.4) is 0 Å². The van der Waals surface area contributed by atoms with Gasteiger partial charge in [0.05, 0.1) is 11.9 Å². The second-order valence-electron chi connectivity index (χ2n) is 4.11. The van der Waals surface area contributed by atoms with Crippen LogP contribution >= 0.6 is 0 Å². The second kappa shape index (κ2) is 3.92. The van der Waals surface area contributed by atoms with Gasteiger partial charge in [-0.05, 0) is 25.2 Å². The molecule has 2 heteroatoms. The number of hydrogen-bond acceptors (Lipinski definition) is 1. The average molecular weight is 168 g/mol. The van der Waals surface area contributed by atoms with Gasteiger partial charge in [0.1, 0.15) is 0 Å². The number of hydrogen-bond donors (Lipinski definition) is 1. The highest BCUT2D eigenvalue weighted by Crippen LogP contribution is 2.31. The Bertz CT molecular complexity index is 171. The Morgan fingerprint density at radius 2 is 2.00 bits per heavy atom. The first kappa shape index (κ1) is 9.56. The van der Waals surface area contributed by atoms with Crippen LogP contribution in [0.2, 0.25) is 0 Å². The molecule has 12 heavy (non-hydrogen) atoms. The van der Waals surface area contributed by atoms with Gasteiger partial charge in [-0.25, -0.2) is 0 Å². The summed E-state index contributed by atoms with van der Waals surface area (Å²) < 4.78 is 0. The lowest BCUT2D eigenvalue weighted by Gasteiger charge is -2.31. The molecule has 1 saturated carbocycles. The fraction of sp³-hybridized carbons (Fsp3) is 0.900. The van der Waals surface area contributed by atoms with Gasteiger partial charge in [0, 0.05) is 0 Å². The first-order chi connectivity index (χ1) is 5.61. The third-order valence-corrected chi connectivity index (χ3v) is 3.03. The SMILES string of the molecule is CC(N)=NC1CCCC(C)C1C. The first-order valence-electron chi connectivity index (χ1n) is 4.91. The van der Waals surface area contributed by atoms with Gasteiger partial charge in [-0.1, -0.05) is 26.7 Å². The van der Waals surface area contributed by atoms with Gasteiger partial charge in [0.25, 0.3) is 0 Å². The van der Waals surface area contributed by atoms with Gasteiger partial charge in [-0.2, -0.15) is 0 Å². The van der Waals surface area contributed by atoms with Crippen molar-refractivity contribution in [3.8, 4) is 0 Å². The zero-order valence-electron chi connectivity index (χ0n) is 8.38. The molecule has 2 N–H and O–H groups in total. The molecule has 1 fully saturated rings. The Balaban J connectivity index is 2.58. The molecule has 0 aromatic rings. The van der Waals surface area contributed by atoms with Gasteiger partial charge in [0.15, 0.2) is 0 Å². The van der Waals surface area contributed by atoms with Gasteiger partial charge in [0.2, 0.25) is 0 Å². The lowest BCUT2D eigenvalue weighted by atomic mass is 9.78. The predicted octanol–water partition coefficient (Wildman–Crippen LogP) is 2.19. The zero-order valence-corrected chi connectivity index (χ0v) is 8.38. The standard InChI is InChI=1S/C10H20N2/c1-7-5-4-6-10(8(7)2)12-9(3)11/h7-8,10H,4-6H2,1-3H3,(H2,11,12). The van der Waals surface area contributed by atoms with E-state index in [0.717, 1.165) is 11.8 Å². The molecule has 3 atom stereocenters. The summed E-state index contributed by atoms with van der Waals surface area (Å²) in [5, 5.41) is 0. The first-order valence-corrected chi connectivity index (χ1v) is 4.91. The van der Waals surface area contributed by atoms with Crippen LogP contribution < -0.4 is 5.73 Å². The van der Waals surface area contributed by atoms with Crippen molar-refractivity contribution >= 4 is 5.84 Å². The van der Waals surface area contributed by atoms with E-state index in [-0.39, 0.29) is 0 Å². The molecule has 0 aromatic heterocycles. The third kappa shape index (κ3) is 2.23. The van der Waals surface area contributed by atoms with E-state index in [0.29, 0.717) is 12.0 Å². The molecular weight excluding hydrogens is 148 g/mol. The second-order valence-corrected chi connectivity index (χ2v) is 4.11. The van der Waals surface area contributed by atoms with Crippen molar-refractivity contribution < 1.29 is 0 Å². The zero-order chi connectivity index (χ0) is 9.14. The summed E-state index contributed by atoms with van der Waals surface area (Å²) in [5.41, 5.74) is 5.58. The highest BCUT2D eigenvalue weighted by molar-refractivity contribution is 5.77. The maximum atomic E-state index is 5.58. The van der Waals surface area contributed by atoms with E-state index >= 15 is 0 Å². The van der Waals surface area contributed by atoms with E-state index in [1.54, 1.807) is 0 Å². The summed E-state index contributed by atoms with van der Waals surface area (Å²) in [4.78, 5) is 4.46.